The second kappa shape index (κ2) is 7.59. The molecule has 134 valence electrons. The van der Waals surface area contributed by atoms with Crippen LogP contribution in [0.25, 0.3) is 0 Å². The predicted octanol–water partition coefficient (Wildman–Crippen LogP) is 2.61. The molecule has 2 aromatic heterocycles. The molecule has 0 aliphatic carbocycles. The third kappa shape index (κ3) is 3.78. The molecule has 0 saturated carbocycles. The zero-order valence-corrected chi connectivity index (χ0v) is 14.9. The topological polar surface area (TPSA) is 56.5 Å². The second-order valence-electron chi connectivity index (χ2n) is 6.58. The number of esters is 1. The van der Waals surface area contributed by atoms with Crippen LogP contribution in [-0.2, 0) is 18.8 Å². The first-order chi connectivity index (χ1) is 12.1. The van der Waals surface area contributed by atoms with Crippen molar-refractivity contribution in [2.24, 2.45) is 14.1 Å². The van der Waals surface area contributed by atoms with Crippen LogP contribution in [-0.4, -0.2) is 45.1 Å². The number of aromatic nitrogens is 2. The van der Waals surface area contributed by atoms with E-state index in [2.05, 4.69) is 0 Å². The van der Waals surface area contributed by atoms with E-state index in [0.717, 1.165) is 25.8 Å². The quantitative estimate of drug-likeness (QED) is 0.784. The molecule has 0 radical (unpaired) electrons. The number of likely N-dealkylation sites (tertiary alicyclic amines) is 1. The summed E-state index contributed by atoms with van der Waals surface area (Å²) in [7, 11) is 3.70. The summed E-state index contributed by atoms with van der Waals surface area (Å²) in [5.41, 5.74) is 1.24. The highest BCUT2D eigenvalue weighted by atomic mass is 16.5. The lowest BCUT2D eigenvalue weighted by Gasteiger charge is -2.35. The summed E-state index contributed by atoms with van der Waals surface area (Å²) >= 11 is 0. The van der Waals surface area contributed by atoms with Crippen molar-refractivity contribution in [3.8, 4) is 0 Å². The lowest BCUT2D eigenvalue weighted by molar-refractivity contribution is 0.0398. The first kappa shape index (κ1) is 17.3. The normalized spacial score (nSPS) is 17.5. The number of piperidine rings is 1. The summed E-state index contributed by atoms with van der Waals surface area (Å²) in [4.78, 5) is 26.8. The Kier molecular flexibility index (Phi) is 5.26. The average Bonchev–Trinajstić information content (AvgIpc) is 3.23. The van der Waals surface area contributed by atoms with Crippen LogP contribution >= 0.6 is 0 Å². The van der Waals surface area contributed by atoms with Crippen LogP contribution in [0, 0.1) is 0 Å². The number of carbonyl (C=O) groups excluding carboxylic acids is 2. The van der Waals surface area contributed by atoms with E-state index in [1.165, 1.54) is 0 Å². The maximum Gasteiger partial charge on any atom is 0.354 e. The van der Waals surface area contributed by atoms with Crippen LogP contribution in [0.3, 0.4) is 0 Å². The van der Waals surface area contributed by atoms with Crippen molar-refractivity contribution < 1.29 is 14.3 Å². The highest BCUT2D eigenvalue weighted by Gasteiger charge is 2.28. The Hall–Kier alpha value is -2.50. The van der Waals surface area contributed by atoms with Crippen LogP contribution < -0.4 is 0 Å². The maximum absolute atomic E-state index is 12.8. The Morgan fingerprint density at radius 2 is 1.76 bits per heavy atom. The molecule has 0 N–H and O–H groups in total. The number of carbonyl (C=O) groups is 2. The lowest BCUT2D eigenvalue weighted by Crippen LogP contribution is -2.44. The van der Waals surface area contributed by atoms with Gasteiger partial charge >= 0.3 is 5.97 Å². The zero-order valence-electron chi connectivity index (χ0n) is 14.9. The van der Waals surface area contributed by atoms with Gasteiger partial charge in [-0.3, -0.25) is 4.79 Å². The van der Waals surface area contributed by atoms with E-state index in [1.54, 1.807) is 10.6 Å². The number of hydrogen-bond donors (Lipinski definition) is 0. The van der Waals surface area contributed by atoms with Gasteiger partial charge < -0.3 is 18.8 Å². The Morgan fingerprint density at radius 1 is 1.08 bits per heavy atom. The van der Waals surface area contributed by atoms with Gasteiger partial charge in [0.1, 0.15) is 11.4 Å². The molecule has 6 heteroatoms. The molecular formula is C19H25N3O3. The predicted molar refractivity (Wildman–Crippen MR) is 94.4 cm³/mol. The Morgan fingerprint density at radius 3 is 2.40 bits per heavy atom. The molecule has 1 aliphatic heterocycles. The van der Waals surface area contributed by atoms with E-state index in [1.807, 2.05) is 54.2 Å². The highest BCUT2D eigenvalue weighted by Crippen LogP contribution is 2.22. The van der Waals surface area contributed by atoms with Gasteiger partial charge in [-0.15, -0.1) is 0 Å². The zero-order chi connectivity index (χ0) is 17.8. The van der Waals surface area contributed by atoms with Gasteiger partial charge in [0, 0.05) is 45.5 Å². The summed E-state index contributed by atoms with van der Waals surface area (Å²) in [6.07, 6.45) is 7.46. The second-order valence-corrected chi connectivity index (χ2v) is 6.58. The van der Waals surface area contributed by atoms with Crippen LogP contribution in [0.1, 0.15) is 46.7 Å². The molecule has 0 spiro atoms. The van der Waals surface area contributed by atoms with E-state index in [9.17, 15) is 9.59 Å². The molecule has 3 rings (SSSR count). The SMILES string of the molecule is Cn1cccc1C(=O)OCC[C@@H]1CCCCN1C(=O)c1cccn1C. The third-order valence-corrected chi connectivity index (χ3v) is 4.89. The van der Waals surface area contributed by atoms with Gasteiger partial charge in [-0.25, -0.2) is 4.79 Å². The third-order valence-electron chi connectivity index (χ3n) is 4.89. The minimum atomic E-state index is -0.316. The van der Waals surface area contributed by atoms with Crippen molar-refractivity contribution in [1.82, 2.24) is 14.0 Å². The molecule has 1 amide bonds. The largest absolute Gasteiger partial charge is 0.461 e. The summed E-state index contributed by atoms with van der Waals surface area (Å²) in [5.74, 6) is -0.255. The fourth-order valence-corrected chi connectivity index (χ4v) is 3.43. The van der Waals surface area contributed by atoms with Gasteiger partial charge in [0.15, 0.2) is 0 Å². The molecule has 25 heavy (non-hydrogen) atoms. The molecule has 1 atom stereocenters. The number of rotatable bonds is 5. The minimum absolute atomic E-state index is 0.0611. The van der Waals surface area contributed by atoms with Crippen molar-refractivity contribution in [2.45, 2.75) is 31.7 Å². The molecule has 6 nitrogen and oxygen atoms in total. The van der Waals surface area contributed by atoms with Crippen LogP contribution in [0.15, 0.2) is 36.7 Å². The van der Waals surface area contributed by atoms with Crippen LogP contribution in [0.5, 0.6) is 0 Å². The van der Waals surface area contributed by atoms with Gasteiger partial charge in [-0.1, -0.05) is 0 Å². The smallest absolute Gasteiger partial charge is 0.354 e. The lowest BCUT2D eigenvalue weighted by atomic mass is 9.99. The van der Waals surface area contributed by atoms with Crippen molar-refractivity contribution >= 4 is 11.9 Å². The number of ether oxygens (including phenoxy) is 1. The number of amides is 1. The van der Waals surface area contributed by atoms with Crippen molar-refractivity contribution in [2.75, 3.05) is 13.2 Å². The van der Waals surface area contributed by atoms with Gasteiger partial charge in [0.05, 0.1) is 6.61 Å². The first-order valence-corrected chi connectivity index (χ1v) is 8.78. The molecule has 3 heterocycles. The van der Waals surface area contributed by atoms with Crippen molar-refractivity contribution in [3.63, 3.8) is 0 Å². The monoisotopic (exact) mass is 343 g/mol. The fourth-order valence-electron chi connectivity index (χ4n) is 3.43. The summed E-state index contributed by atoms with van der Waals surface area (Å²) < 4.78 is 9.00. The average molecular weight is 343 g/mol. The maximum atomic E-state index is 12.8. The molecule has 0 bridgehead atoms. The van der Waals surface area contributed by atoms with E-state index in [-0.39, 0.29) is 17.9 Å². The van der Waals surface area contributed by atoms with Crippen molar-refractivity contribution in [1.29, 1.82) is 0 Å². The minimum Gasteiger partial charge on any atom is -0.461 e. The molecule has 1 aliphatic rings. The van der Waals surface area contributed by atoms with Crippen LogP contribution in [0.2, 0.25) is 0 Å². The standard InChI is InChI=1S/C19H25N3O3/c1-20-11-5-8-16(20)18(23)22-13-4-3-7-15(22)10-14-25-19(24)17-9-6-12-21(17)2/h5-6,8-9,11-12,15H,3-4,7,10,13-14H2,1-2H3/t15-/m0/s1. The van der Waals surface area contributed by atoms with Gasteiger partial charge in [-0.2, -0.15) is 0 Å². The Labute approximate surface area is 148 Å². The van der Waals surface area contributed by atoms with Crippen LogP contribution in [0.4, 0.5) is 0 Å². The van der Waals surface area contributed by atoms with E-state index in [4.69, 9.17) is 4.74 Å². The number of hydrogen-bond acceptors (Lipinski definition) is 3. The molecule has 1 saturated heterocycles. The van der Waals surface area contributed by atoms with Gasteiger partial charge in [0.25, 0.3) is 5.91 Å². The van der Waals surface area contributed by atoms with E-state index < -0.39 is 0 Å². The molecule has 0 aromatic carbocycles. The highest BCUT2D eigenvalue weighted by molar-refractivity contribution is 5.93. The summed E-state index contributed by atoms with van der Waals surface area (Å²) in [5, 5.41) is 0. The Bertz CT molecular complexity index is 747. The van der Waals surface area contributed by atoms with E-state index >= 15 is 0 Å². The molecular weight excluding hydrogens is 318 g/mol. The molecule has 0 unspecified atom stereocenters. The summed E-state index contributed by atoms with van der Waals surface area (Å²) in [6.45, 7) is 1.09. The first-order valence-electron chi connectivity index (χ1n) is 8.78. The Balaban J connectivity index is 1.58. The van der Waals surface area contributed by atoms with E-state index in [0.29, 0.717) is 24.4 Å². The van der Waals surface area contributed by atoms with Gasteiger partial charge in [-0.05, 0) is 43.5 Å². The summed E-state index contributed by atoms with van der Waals surface area (Å²) in [6, 6.07) is 7.42. The number of nitrogens with zero attached hydrogens (tertiary/aromatic N) is 3. The molecule has 1 fully saturated rings. The van der Waals surface area contributed by atoms with Gasteiger partial charge in [0.2, 0.25) is 0 Å². The molecule has 2 aromatic rings. The number of aryl methyl sites for hydroxylation is 2. The fraction of sp³-hybridized carbons (Fsp3) is 0.474. The van der Waals surface area contributed by atoms with Crippen molar-refractivity contribution in [3.05, 3.63) is 48.0 Å².